The number of hydrogen-bond acceptors (Lipinski definition) is 5. The summed E-state index contributed by atoms with van der Waals surface area (Å²) in [4.78, 5) is 14.8. The summed E-state index contributed by atoms with van der Waals surface area (Å²) in [6.07, 6.45) is 8.69. The van der Waals surface area contributed by atoms with E-state index in [2.05, 4.69) is 20.5 Å². The molecule has 0 aliphatic carbocycles. The molecule has 4 heterocycles. The minimum atomic E-state index is 0.00520. The van der Waals surface area contributed by atoms with Crippen molar-refractivity contribution in [1.29, 1.82) is 0 Å². The number of aromatic nitrogens is 6. The maximum Gasteiger partial charge on any atom is 0.258 e. The van der Waals surface area contributed by atoms with Gasteiger partial charge in [0.2, 0.25) is 0 Å². The van der Waals surface area contributed by atoms with Crippen molar-refractivity contribution in [2.45, 2.75) is 25.4 Å². The van der Waals surface area contributed by atoms with Gasteiger partial charge in [0, 0.05) is 18.9 Å². The van der Waals surface area contributed by atoms with E-state index in [1.165, 1.54) is 4.63 Å². The highest BCUT2D eigenvalue weighted by molar-refractivity contribution is 6.00. The van der Waals surface area contributed by atoms with Crippen LogP contribution in [0.25, 0.3) is 5.52 Å². The molecule has 3 aromatic rings. The molecule has 112 valence electrons. The van der Waals surface area contributed by atoms with E-state index in [4.69, 9.17) is 0 Å². The summed E-state index contributed by atoms with van der Waals surface area (Å²) in [6, 6.07) is 3.81. The smallest absolute Gasteiger partial charge is 0.258 e. The lowest BCUT2D eigenvalue weighted by Gasteiger charge is -2.24. The van der Waals surface area contributed by atoms with Gasteiger partial charge in [-0.1, -0.05) is 5.21 Å². The van der Waals surface area contributed by atoms with Crippen LogP contribution in [-0.2, 0) is 6.54 Å². The fourth-order valence-electron chi connectivity index (χ4n) is 2.99. The first-order chi connectivity index (χ1) is 10.8. The molecule has 8 heteroatoms. The third-order valence-electron chi connectivity index (χ3n) is 4.04. The summed E-state index contributed by atoms with van der Waals surface area (Å²) < 4.78 is 3.25. The van der Waals surface area contributed by atoms with E-state index < -0.39 is 0 Å². The van der Waals surface area contributed by atoms with Gasteiger partial charge in [0.15, 0.2) is 0 Å². The molecule has 8 nitrogen and oxygen atoms in total. The summed E-state index contributed by atoms with van der Waals surface area (Å²) in [5.74, 6) is 0.00520. The molecule has 0 bridgehead atoms. The van der Waals surface area contributed by atoms with Crippen LogP contribution < -0.4 is 0 Å². The van der Waals surface area contributed by atoms with Crippen LogP contribution in [0.15, 0.2) is 36.9 Å². The number of amides is 1. The Hall–Kier alpha value is -2.77. The molecule has 0 N–H and O–H groups in total. The molecule has 0 radical (unpaired) electrons. The van der Waals surface area contributed by atoms with Crippen molar-refractivity contribution in [2.75, 3.05) is 6.54 Å². The van der Waals surface area contributed by atoms with Gasteiger partial charge in [-0.25, -0.2) is 0 Å². The Morgan fingerprint density at radius 3 is 3.14 bits per heavy atom. The quantitative estimate of drug-likeness (QED) is 0.708. The van der Waals surface area contributed by atoms with Gasteiger partial charge in [0.25, 0.3) is 5.91 Å². The Bertz CT molecular complexity index is 794. The predicted octanol–water partition coefficient (Wildman–Crippen LogP) is 0.626. The zero-order valence-corrected chi connectivity index (χ0v) is 11.9. The molecule has 22 heavy (non-hydrogen) atoms. The lowest BCUT2D eigenvalue weighted by molar-refractivity contribution is 0.0723. The van der Waals surface area contributed by atoms with Crippen LogP contribution in [0, 0.1) is 0 Å². The van der Waals surface area contributed by atoms with Gasteiger partial charge in [-0.05, 0) is 25.0 Å². The average Bonchev–Trinajstić information content (AvgIpc) is 3.27. The molecule has 1 atom stereocenters. The van der Waals surface area contributed by atoms with E-state index in [1.807, 2.05) is 23.2 Å². The largest absolute Gasteiger partial charge is 0.334 e. The Morgan fingerprint density at radius 1 is 1.32 bits per heavy atom. The first-order valence-electron chi connectivity index (χ1n) is 7.27. The van der Waals surface area contributed by atoms with Crippen LogP contribution in [0.5, 0.6) is 0 Å². The topological polar surface area (TPSA) is 81.2 Å². The lowest BCUT2D eigenvalue weighted by atomic mass is 10.2. The van der Waals surface area contributed by atoms with E-state index in [1.54, 1.807) is 23.3 Å². The number of nitrogens with zero attached hydrogens (tertiary/aromatic N) is 7. The monoisotopic (exact) mass is 297 g/mol. The Morgan fingerprint density at radius 2 is 2.27 bits per heavy atom. The van der Waals surface area contributed by atoms with E-state index in [0.29, 0.717) is 12.1 Å². The zero-order chi connectivity index (χ0) is 14.9. The highest BCUT2D eigenvalue weighted by Crippen LogP contribution is 2.22. The fraction of sp³-hybridized carbons (Fsp3) is 0.357. The fourth-order valence-corrected chi connectivity index (χ4v) is 2.99. The summed E-state index contributed by atoms with van der Waals surface area (Å²) >= 11 is 0. The Balaban J connectivity index is 1.61. The Kier molecular flexibility index (Phi) is 3.06. The van der Waals surface area contributed by atoms with Crippen LogP contribution in [-0.4, -0.2) is 53.2 Å². The zero-order valence-electron chi connectivity index (χ0n) is 11.9. The maximum absolute atomic E-state index is 12.9. The van der Waals surface area contributed by atoms with Crippen LogP contribution in [0.1, 0.15) is 23.2 Å². The number of hydrogen-bond donors (Lipinski definition) is 0. The van der Waals surface area contributed by atoms with Gasteiger partial charge < -0.3 is 4.90 Å². The van der Waals surface area contributed by atoms with Gasteiger partial charge in [-0.2, -0.15) is 14.8 Å². The Labute approximate surface area is 126 Å². The predicted molar refractivity (Wildman–Crippen MR) is 77.1 cm³/mol. The SMILES string of the molecule is O=C(c1cnn2ncccc12)N1CCC[C@H]1Cn1ccnn1. The minimum Gasteiger partial charge on any atom is -0.334 e. The van der Waals surface area contributed by atoms with Crippen molar-refractivity contribution < 1.29 is 4.79 Å². The third-order valence-corrected chi connectivity index (χ3v) is 4.04. The molecule has 1 amide bonds. The van der Waals surface area contributed by atoms with Gasteiger partial charge >= 0.3 is 0 Å². The van der Waals surface area contributed by atoms with Crippen molar-refractivity contribution in [3.8, 4) is 0 Å². The maximum atomic E-state index is 12.9. The van der Waals surface area contributed by atoms with Crippen molar-refractivity contribution in [3.63, 3.8) is 0 Å². The van der Waals surface area contributed by atoms with Crippen molar-refractivity contribution in [2.24, 2.45) is 0 Å². The molecule has 1 aliphatic heterocycles. The molecule has 0 aromatic carbocycles. The first kappa shape index (κ1) is 12.9. The third kappa shape index (κ3) is 2.12. The second-order valence-corrected chi connectivity index (χ2v) is 5.38. The number of carbonyl (C=O) groups excluding carboxylic acids is 1. The lowest BCUT2D eigenvalue weighted by Crippen LogP contribution is -2.38. The van der Waals surface area contributed by atoms with Crippen LogP contribution in [0.4, 0.5) is 0 Å². The number of carbonyl (C=O) groups is 1. The highest BCUT2D eigenvalue weighted by atomic mass is 16.2. The van der Waals surface area contributed by atoms with Gasteiger partial charge in [-0.15, -0.1) is 5.10 Å². The first-order valence-corrected chi connectivity index (χ1v) is 7.27. The molecule has 4 rings (SSSR count). The summed E-state index contributed by atoms with van der Waals surface area (Å²) in [6.45, 7) is 1.43. The van der Waals surface area contributed by atoms with Crippen molar-refractivity contribution >= 4 is 11.4 Å². The average molecular weight is 297 g/mol. The summed E-state index contributed by atoms with van der Waals surface area (Å²) in [5.41, 5.74) is 1.33. The van der Waals surface area contributed by atoms with E-state index >= 15 is 0 Å². The second-order valence-electron chi connectivity index (χ2n) is 5.38. The summed E-state index contributed by atoms with van der Waals surface area (Å²) in [5, 5.41) is 16.0. The number of rotatable bonds is 3. The van der Waals surface area contributed by atoms with Gasteiger partial charge in [0.1, 0.15) is 5.52 Å². The molecule has 1 saturated heterocycles. The van der Waals surface area contributed by atoms with Crippen LogP contribution in [0.3, 0.4) is 0 Å². The summed E-state index contributed by atoms with van der Waals surface area (Å²) in [7, 11) is 0. The second kappa shape index (κ2) is 5.21. The molecule has 1 fully saturated rings. The van der Waals surface area contributed by atoms with Gasteiger partial charge in [0.05, 0.1) is 30.5 Å². The van der Waals surface area contributed by atoms with Crippen LogP contribution >= 0.6 is 0 Å². The van der Waals surface area contributed by atoms with E-state index in [-0.39, 0.29) is 11.9 Å². The molecular formula is C14H15N7O. The molecular weight excluding hydrogens is 282 g/mol. The molecule has 3 aromatic heterocycles. The van der Waals surface area contributed by atoms with E-state index in [9.17, 15) is 4.79 Å². The van der Waals surface area contributed by atoms with Crippen LogP contribution in [0.2, 0.25) is 0 Å². The molecule has 1 aliphatic rings. The standard InChI is InChI=1S/C14H15N7O/c22-14(12-9-17-21-13(12)4-1-5-16-21)20-7-2-3-11(20)10-19-8-6-15-18-19/h1,4-6,8-9,11H,2-3,7,10H2/t11-/m0/s1. The molecule has 0 saturated carbocycles. The molecule has 0 unspecified atom stereocenters. The van der Waals surface area contributed by atoms with E-state index in [0.717, 1.165) is 24.9 Å². The highest BCUT2D eigenvalue weighted by Gasteiger charge is 2.31. The number of fused-ring (bicyclic) bond motifs is 1. The minimum absolute atomic E-state index is 0.00520. The molecule has 0 spiro atoms. The normalized spacial score (nSPS) is 18.2. The van der Waals surface area contributed by atoms with Crippen molar-refractivity contribution in [1.82, 2.24) is 34.7 Å². The van der Waals surface area contributed by atoms with Gasteiger partial charge in [-0.3, -0.25) is 9.48 Å². The van der Waals surface area contributed by atoms with Crippen molar-refractivity contribution in [3.05, 3.63) is 42.5 Å². The number of likely N-dealkylation sites (tertiary alicyclic amines) is 1.